The maximum absolute atomic E-state index is 13.2. The van der Waals surface area contributed by atoms with Crippen LogP contribution in [0.4, 0.5) is 31.3 Å². The number of alkyl halides is 6. The summed E-state index contributed by atoms with van der Waals surface area (Å²) in [6.07, 6.45) is -9.99. The van der Waals surface area contributed by atoms with Gasteiger partial charge in [0.15, 0.2) is 0 Å². The van der Waals surface area contributed by atoms with Gasteiger partial charge in [-0.3, -0.25) is 4.72 Å². The molecule has 0 saturated carbocycles. The van der Waals surface area contributed by atoms with Crippen molar-refractivity contribution in [2.45, 2.75) is 24.2 Å². The van der Waals surface area contributed by atoms with Crippen LogP contribution in [0.15, 0.2) is 77.0 Å². The van der Waals surface area contributed by atoms with Crippen LogP contribution in [0, 0.1) is 6.92 Å². The first-order valence-corrected chi connectivity index (χ1v) is 14.3. The molecule has 3 aromatic carbocycles. The molecule has 39 heavy (non-hydrogen) atoms. The highest BCUT2D eigenvalue weighted by Gasteiger charge is 2.37. The zero-order valence-corrected chi connectivity index (χ0v) is 22.1. The zero-order valence-electron chi connectivity index (χ0n) is 19.7. The van der Waals surface area contributed by atoms with Crippen molar-refractivity contribution in [1.29, 1.82) is 0 Å². The van der Waals surface area contributed by atoms with Crippen LogP contribution in [0.3, 0.4) is 0 Å². The molecular formula is C26H16F6N2O2S3. The number of hydrogen-bond acceptors (Lipinski definition) is 5. The molecule has 202 valence electrons. The van der Waals surface area contributed by atoms with E-state index in [0.717, 1.165) is 27.9 Å². The van der Waals surface area contributed by atoms with E-state index in [1.807, 2.05) is 31.2 Å². The smallest absolute Gasteiger partial charge is 0.270 e. The third-order valence-electron chi connectivity index (χ3n) is 5.80. The van der Waals surface area contributed by atoms with E-state index in [2.05, 4.69) is 9.71 Å². The first kappa shape index (κ1) is 27.2. The van der Waals surface area contributed by atoms with Gasteiger partial charge >= 0.3 is 12.4 Å². The molecule has 0 spiro atoms. The van der Waals surface area contributed by atoms with Crippen LogP contribution < -0.4 is 4.72 Å². The number of hydrogen-bond donors (Lipinski definition) is 1. The molecule has 5 rings (SSSR count). The molecule has 0 radical (unpaired) electrons. The van der Waals surface area contributed by atoms with E-state index in [9.17, 15) is 34.8 Å². The molecule has 13 heteroatoms. The number of sulfonamides is 1. The lowest BCUT2D eigenvalue weighted by Crippen LogP contribution is -2.12. The quantitative estimate of drug-likeness (QED) is 0.206. The molecule has 4 nitrogen and oxygen atoms in total. The maximum atomic E-state index is 13.2. The summed E-state index contributed by atoms with van der Waals surface area (Å²) in [5.41, 5.74) is -1.05. The van der Waals surface area contributed by atoms with Crippen molar-refractivity contribution >= 4 is 47.9 Å². The first-order valence-electron chi connectivity index (χ1n) is 11.1. The molecule has 5 aromatic rings. The summed E-state index contributed by atoms with van der Waals surface area (Å²) in [6.45, 7) is 1.83. The number of thiazole rings is 1. The van der Waals surface area contributed by atoms with Gasteiger partial charge in [0.25, 0.3) is 10.0 Å². The van der Waals surface area contributed by atoms with Crippen molar-refractivity contribution in [2.24, 2.45) is 0 Å². The minimum absolute atomic E-state index is 0.00678. The van der Waals surface area contributed by atoms with Crippen molar-refractivity contribution in [3.63, 3.8) is 0 Å². The second-order valence-corrected chi connectivity index (χ2v) is 12.1. The van der Waals surface area contributed by atoms with Gasteiger partial charge in [-0.2, -0.15) is 26.3 Å². The fraction of sp³-hybridized carbons (Fsp3) is 0.115. The summed E-state index contributed by atoms with van der Waals surface area (Å²) in [5, 5.41) is 2.75. The molecule has 0 aliphatic carbocycles. The summed E-state index contributed by atoms with van der Waals surface area (Å²) < 4.78 is 109. The molecule has 1 N–H and O–H groups in total. The van der Waals surface area contributed by atoms with Gasteiger partial charge in [-0.05, 0) is 71.5 Å². The van der Waals surface area contributed by atoms with E-state index in [1.165, 1.54) is 34.8 Å². The van der Waals surface area contributed by atoms with Gasteiger partial charge in [0, 0.05) is 5.56 Å². The number of benzene rings is 3. The van der Waals surface area contributed by atoms with Gasteiger partial charge in [0.2, 0.25) is 0 Å². The number of aromatic nitrogens is 1. The third kappa shape index (κ3) is 5.52. The highest BCUT2D eigenvalue weighted by atomic mass is 32.2. The van der Waals surface area contributed by atoms with Crippen molar-refractivity contribution in [3.8, 4) is 21.7 Å². The zero-order chi connectivity index (χ0) is 28.2. The van der Waals surface area contributed by atoms with Crippen LogP contribution in [0.2, 0.25) is 0 Å². The fourth-order valence-corrected chi connectivity index (χ4v) is 7.31. The number of rotatable bonds is 5. The van der Waals surface area contributed by atoms with Gasteiger partial charge in [-0.1, -0.05) is 24.3 Å². The Bertz CT molecular complexity index is 1720. The molecule has 0 amide bonds. The summed E-state index contributed by atoms with van der Waals surface area (Å²) in [5.74, 6) is 0. The molecule has 0 unspecified atom stereocenters. The molecule has 0 aliphatic rings. The van der Waals surface area contributed by atoms with Crippen molar-refractivity contribution in [2.75, 3.05) is 4.72 Å². The van der Waals surface area contributed by atoms with Gasteiger partial charge < -0.3 is 0 Å². The molecule has 0 saturated heterocycles. The van der Waals surface area contributed by atoms with Crippen molar-refractivity contribution in [1.82, 2.24) is 4.98 Å². The van der Waals surface area contributed by atoms with Crippen molar-refractivity contribution in [3.05, 3.63) is 88.8 Å². The molecule has 0 bridgehead atoms. The fourth-order valence-electron chi connectivity index (χ4n) is 3.89. The van der Waals surface area contributed by atoms with Crippen LogP contribution >= 0.6 is 22.7 Å². The van der Waals surface area contributed by atoms with Gasteiger partial charge in [-0.25, -0.2) is 13.4 Å². The lowest BCUT2D eigenvalue weighted by Gasteiger charge is -2.15. The largest absolute Gasteiger partial charge is 0.416 e. The summed E-state index contributed by atoms with van der Waals surface area (Å²) in [7, 11) is -4.15. The molecule has 2 heterocycles. The highest BCUT2D eigenvalue weighted by molar-refractivity contribution is 7.93. The number of thiophene rings is 1. The van der Waals surface area contributed by atoms with Crippen LogP contribution in [0.25, 0.3) is 31.9 Å². The van der Waals surface area contributed by atoms with E-state index in [4.69, 9.17) is 0 Å². The van der Waals surface area contributed by atoms with E-state index in [-0.39, 0.29) is 22.1 Å². The van der Waals surface area contributed by atoms with E-state index >= 15 is 0 Å². The maximum Gasteiger partial charge on any atom is 0.416 e. The molecule has 0 atom stereocenters. The second kappa shape index (κ2) is 9.65. The number of aryl methyl sites for hydroxylation is 1. The normalized spacial score (nSPS) is 12.7. The lowest BCUT2D eigenvalue weighted by molar-refractivity contribution is -0.143. The number of anilines is 1. The van der Waals surface area contributed by atoms with E-state index in [0.29, 0.717) is 27.7 Å². The number of nitrogens with one attached hydrogen (secondary N) is 1. The molecular weight excluding hydrogens is 582 g/mol. The Hall–Kier alpha value is -3.42. The number of fused-ring (bicyclic) bond motifs is 1. The van der Waals surface area contributed by atoms with Crippen LogP contribution in [-0.2, 0) is 22.4 Å². The Kier molecular flexibility index (Phi) is 6.72. The molecule has 2 aromatic heterocycles. The Labute approximate surface area is 226 Å². The minimum Gasteiger partial charge on any atom is -0.270 e. The topological polar surface area (TPSA) is 59.1 Å². The second-order valence-electron chi connectivity index (χ2n) is 8.53. The van der Waals surface area contributed by atoms with Crippen LogP contribution in [-0.4, -0.2) is 13.4 Å². The van der Waals surface area contributed by atoms with Gasteiger partial charge in [0.05, 0.1) is 26.2 Å². The van der Waals surface area contributed by atoms with Crippen LogP contribution in [0.5, 0.6) is 0 Å². The predicted molar refractivity (Wildman–Crippen MR) is 140 cm³/mol. The monoisotopic (exact) mass is 598 g/mol. The number of halogens is 6. The van der Waals surface area contributed by atoms with Gasteiger partial charge in [0.1, 0.15) is 10.0 Å². The third-order valence-corrected chi connectivity index (χ3v) is 9.36. The Morgan fingerprint density at radius 2 is 1.44 bits per heavy atom. The summed E-state index contributed by atoms with van der Waals surface area (Å²) in [6, 6.07) is 13.3. The minimum atomic E-state index is -5.00. The predicted octanol–water partition coefficient (Wildman–Crippen LogP) is 8.84. The van der Waals surface area contributed by atoms with E-state index in [1.54, 1.807) is 5.38 Å². The van der Waals surface area contributed by atoms with Crippen LogP contribution in [0.1, 0.15) is 16.7 Å². The summed E-state index contributed by atoms with van der Waals surface area (Å²) in [4.78, 5) is 4.39. The Balaban J connectivity index is 1.47. The Morgan fingerprint density at radius 1 is 0.821 bits per heavy atom. The molecule has 0 fully saturated rings. The average Bonchev–Trinajstić information content (AvgIpc) is 3.45. The standard InChI is InChI=1S/C26H16F6N2O2S3/c1-14-13-37-24(22(14)23-33-20-4-2-3-5-21(20)38-23)34-39(35,36)19-8-6-15(7-9-19)16-10-17(25(27,28)29)12-18(11-16)26(30,31)32/h2-13,34H,1H3. The highest BCUT2D eigenvalue weighted by Crippen LogP contribution is 2.42. The first-order chi connectivity index (χ1) is 18.2. The molecule has 0 aliphatic heterocycles. The summed E-state index contributed by atoms with van der Waals surface area (Å²) >= 11 is 2.58. The number of para-hydroxylation sites is 1. The van der Waals surface area contributed by atoms with Crippen molar-refractivity contribution < 1.29 is 34.8 Å². The average molecular weight is 599 g/mol. The SMILES string of the molecule is Cc1csc(NS(=O)(=O)c2ccc(-c3cc(C(F)(F)F)cc(C(F)(F)F)c3)cc2)c1-c1nc2ccccc2s1. The lowest BCUT2D eigenvalue weighted by atomic mass is 9.99. The number of nitrogens with zero attached hydrogens (tertiary/aromatic N) is 1. The van der Waals surface area contributed by atoms with Gasteiger partial charge in [-0.15, -0.1) is 22.7 Å². The van der Waals surface area contributed by atoms with E-state index < -0.39 is 33.5 Å². The Morgan fingerprint density at radius 3 is 2.03 bits per heavy atom.